The van der Waals surface area contributed by atoms with Crippen molar-refractivity contribution in [2.75, 3.05) is 0 Å². The van der Waals surface area contributed by atoms with Crippen LogP contribution in [0.15, 0.2) is 29.1 Å². The molecule has 1 N–H and O–H groups in total. The van der Waals surface area contributed by atoms with E-state index in [-0.39, 0.29) is 16.8 Å². The van der Waals surface area contributed by atoms with Crippen molar-refractivity contribution in [2.24, 2.45) is 0 Å². The molecule has 0 saturated carbocycles. The van der Waals surface area contributed by atoms with Crippen LogP contribution in [0.25, 0.3) is 11.3 Å². The summed E-state index contributed by atoms with van der Waals surface area (Å²) in [6.45, 7) is 1.59. The smallest absolute Gasteiger partial charge is 0.266 e. The lowest BCUT2D eigenvalue weighted by atomic mass is 10.1. The summed E-state index contributed by atoms with van der Waals surface area (Å²) in [5.74, 6) is -1.46. The molecule has 0 aliphatic carbocycles. The van der Waals surface area contributed by atoms with E-state index >= 15 is 0 Å². The second kappa shape index (κ2) is 4.41. The largest absolute Gasteiger partial charge is 0.321 e. The van der Waals surface area contributed by atoms with Crippen molar-refractivity contribution < 1.29 is 8.78 Å². The Balaban J connectivity index is 2.66. The van der Waals surface area contributed by atoms with Crippen LogP contribution in [0, 0.1) is 29.9 Å². The highest BCUT2D eigenvalue weighted by molar-refractivity contribution is 5.61. The summed E-state index contributed by atoms with van der Waals surface area (Å²) in [5, 5.41) is 8.76. The van der Waals surface area contributed by atoms with Crippen LogP contribution < -0.4 is 5.56 Å². The Hall–Kier alpha value is -2.48. The molecule has 0 radical (unpaired) electrons. The Morgan fingerprint density at radius 2 is 1.78 bits per heavy atom. The zero-order valence-electron chi connectivity index (χ0n) is 9.42. The van der Waals surface area contributed by atoms with Crippen LogP contribution in [-0.2, 0) is 0 Å². The molecular weight excluding hydrogens is 238 g/mol. The summed E-state index contributed by atoms with van der Waals surface area (Å²) in [6, 6.07) is 6.25. The van der Waals surface area contributed by atoms with Gasteiger partial charge in [-0.1, -0.05) is 0 Å². The quantitative estimate of drug-likeness (QED) is 0.840. The Morgan fingerprint density at radius 3 is 2.28 bits per heavy atom. The van der Waals surface area contributed by atoms with Gasteiger partial charge >= 0.3 is 0 Å². The third-order valence-electron chi connectivity index (χ3n) is 2.52. The van der Waals surface area contributed by atoms with Gasteiger partial charge in [0.2, 0.25) is 0 Å². The molecule has 5 heteroatoms. The standard InChI is InChI=1S/C13H8F2N2O/c1-7-2-12(17-13(18)11(7)6-16)8-3-9(14)5-10(15)4-8/h2-5H,1H3,(H,17,18). The zero-order chi connectivity index (χ0) is 13.3. The highest BCUT2D eigenvalue weighted by Gasteiger charge is 2.09. The number of aryl methyl sites for hydroxylation is 1. The first kappa shape index (κ1) is 12.0. The van der Waals surface area contributed by atoms with Crippen LogP contribution >= 0.6 is 0 Å². The highest BCUT2D eigenvalue weighted by Crippen LogP contribution is 2.20. The molecule has 1 heterocycles. The van der Waals surface area contributed by atoms with Crippen LogP contribution in [0.5, 0.6) is 0 Å². The number of hydrogen-bond donors (Lipinski definition) is 1. The Morgan fingerprint density at radius 1 is 1.17 bits per heavy atom. The lowest BCUT2D eigenvalue weighted by Gasteiger charge is -2.04. The van der Waals surface area contributed by atoms with Crippen molar-refractivity contribution in [3.63, 3.8) is 0 Å². The number of hydrogen-bond acceptors (Lipinski definition) is 2. The molecule has 0 bridgehead atoms. The highest BCUT2D eigenvalue weighted by atomic mass is 19.1. The van der Waals surface area contributed by atoms with Gasteiger partial charge in [-0.2, -0.15) is 5.26 Å². The number of aromatic amines is 1. The Bertz CT molecular complexity index is 694. The summed E-state index contributed by atoms with van der Waals surface area (Å²) in [4.78, 5) is 14.0. The summed E-state index contributed by atoms with van der Waals surface area (Å²) in [5.41, 5.74) is 0.376. The van der Waals surface area contributed by atoms with Crippen LogP contribution in [0.3, 0.4) is 0 Å². The lowest BCUT2D eigenvalue weighted by Crippen LogP contribution is -2.12. The van der Waals surface area contributed by atoms with E-state index in [9.17, 15) is 13.6 Å². The fourth-order valence-corrected chi connectivity index (χ4v) is 1.69. The Labute approximate surface area is 101 Å². The maximum atomic E-state index is 13.1. The van der Waals surface area contributed by atoms with E-state index in [2.05, 4.69) is 4.98 Å². The van der Waals surface area contributed by atoms with E-state index < -0.39 is 17.2 Å². The second-order valence-electron chi connectivity index (χ2n) is 3.84. The summed E-state index contributed by atoms with van der Waals surface area (Å²) >= 11 is 0. The summed E-state index contributed by atoms with van der Waals surface area (Å²) < 4.78 is 26.2. The van der Waals surface area contributed by atoms with Gasteiger partial charge in [-0.05, 0) is 30.7 Å². The molecule has 90 valence electrons. The fourth-order valence-electron chi connectivity index (χ4n) is 1.69. The molecule has 0 atom stereocenters. The van der Waals surface area contributed by atoms with Crippen LogP contribution in [0.1, 0.15) is 11.1 Å². The van der Waals surface area contributed by atoms with Gasteiger partial charge in [-0.3, -0.25) is 4.79 Å². The molecule has 0 spiro atoms. The molecule has 0 unspecified atom stereocenters. The molecule has 0 aliphatic rings. The van der Waals surface area contributed by atoms with E-state index in [0.29, 0.717) is 5.56 Å². The molecule has 0 saturated heterocycles. The number of nitriles is 1. The van der Waals surface area contributed by atoms with Gasteiger partial charge in [-0.25, -0.2) is 8.78 Å². The monoisotopic (exact) mass is 246 g/mol. The molecule has 0 amide bonds. The SMILES string of the molecule is Cc1cc(-c2cc(F)cc(F)c2)[nH]c(=O)c1C#N. The third-order valence-corrected chi connectivity index (χ3v) is 2.52. The minimum Gasteiger partial charge on any atom is -0.321 e. The maximum Gasteiger partial charge on any atom is 0.266 e. The molecule has 2 rings (SSSR count). The molecule has 18 heavy (non-hydrogen) atoms. The van der Waals surface area contributed by atoms with E-state index in [1.165, 1.54) is 6.07 Å². The number of pyridine rings is 1. The molecule has 0 fully saturated rings. The van der Waals surface area contributed by atoms with E-state index in [1.54, 1.807) is 13.0 Å². The number of rotatable bonds is 1. The lowest BCUT2D eigenvalue weighted by molar-refractivity contribution is 0.584. The number of aromatic nitrogens is 1. The number of nitrogens with one attached hydrogen (secondary N) is 1. The van der Waals surface area contributed by atoms with Gasteiger partial charge in [0.25, 0.3) is 5.56 Å². The molecular formula is C13H8F2N2O. The van der Waals surface area contributed by atoms with E-state index in [4.69, 9.17) is 5.26 Å². The maximum absolute atomic E-state index is 13.1. The van der Waals surface area contributed by atoms with Gasteiger partial charge in [0.05, 0.1) is 0 Å². The topological polar surface area (TPSA) is 56.6 Å². The van der Waals surface area contributed by atoms with Gasteiger partial charge in [0.15, 0.2) is 0 Å². The fraction of sp³-hybridized carbons (Fsp3) is 0.0769. The van der Waals surface area contributed by atoms with Crippen molar-refractivity contribution in [1.29, 1.82) is 5.26 Å². The van der Waals surface area contributed by atoms with Gasteiger partial charge in [0, 0.05) is 17.3 Å². The number of benzene rings is 1. The number of halogens is 2. The second-order valence-corrected chi connectivity index (χ2v) is 3.84. The summed E-state index contributed by atoms with van der Waals surface area (Å²) in [6.07, 6.45) is 0. The number of H-pyrrole nitrogens is 1. The van der Waals surface area contributed by atoms with Crippen molar-refractivity contribution in [2.45, 2.75) is 6.92 Å². The van der Waals surface area contributed by atoms with Crippen LogP contribution in [-0.4, -0.2) is 4.98 Å². The number of nitrogens with zero attached hydrogens (tertiary/aromatic N) is 1. The molecule has 1 aromatic heterocycles. The van der Waals surface area contributed by atoms with E-state index in [1.807, 2.05) is 0 Å². The zero-order valence-corrected chi connectivity index (χ0v) is 9.42. The van der Waals surface area contributed by atoms with Gasteiger partial charge in [-0.15, -0.1) is 0 Å². The van der Waals surface area contributed by atoms with Gasteiger partial charge in [0.1, 0.15) is 23.3 Å². The minimum atomic E-state index is -0.729. The predicted molar refractivity (Wildman–Crippen MR) is 61.9 cm³/mol. The first-order valence-electron chi connectivity index (χ1n) is 5.12. The first-order chi connectivity index (χ1) is 8.51. The average molecular weight is 246 g/mol. The molecule has 2 aromatic rings. The van der Waals surface area contributed by atoms with Crippen molar-refractivity contribution in [3.05, 3.63) is 57.4 Å². The normalized spacial score (nSPS) is 10.1. The average Bonchev–Trinajstić information content (AvgIpc) is 2.27. The van der Waals surface area contributed by atoms with Gasteiger partial charge < -0.3 is 4.98 Å². The molecule has 3 nitrogen and oxygen atoms in total. The van der Waals surface area contributed by atoms with Crippen molar-refractivity contribution in [3.8, 4) is 17.3 Å². The van der Waals surface area contributed by atoms with Crippen molar-refractivity contribution >= 4 is 0 Å². The summed E-state index contributed by atoms with van der Waals surface area (Å²) in [7, 11) is 0. The first-order valence-corrected chi connectivity index (χ1v) is 5.12. The van der Waals surface area contributed by atoms with Crippen molar-refractivity contribution in [1.82, 2.24) is 4.98 Å². The van der Waals surface area contributed by atoms with Crippen LogP contribution in [0.2, 0.25) is 0 Å². The minimum absolute atomic E-state index is 0.00405. The van der Waals surface area contributed by atoms with Crippen LogP contribution in [0.4, 0.5) is 8.78 Å². The van der Waals surface area contributed by atoms with E-state index in [0.717, 1.165) is 18.2 Å². The molecule has 1 aromatic carbocycles. The third kappa shape index (κ3) is 2.13. The predicted octanol–water partition coefficient (Wildman–Crippen LogP) is 2.50. The molecule has 0 aliphatic heterocycles. The Kier molecular flexibility index (Phi) is 2.94.